The lowest BCUT2D eigenvalue weighted by atomic mass is 10.1. The lowest BCUT2D eigenvalue weighted by molar-refractivity contribution is 0.0989. The highest BCUT2D eigenvalue weighted by molar-refractivity contribution is 9.10. The summed E-state index contributed by atoms with van der Waals surface area (Å²) in [6.07, 6.45) is 1.97. The standard InChI is InChI=1S/C13H17BrN4O/c1-5-18-11(13(14)8(2)16-18)6-12(19)10-7-15-17(4)9(10)3/h7H,5-6H2,1-4H3. The Balaban J connectivity index is 2.31. The van der Waals surface area contributed by atoms with Gasteiger partial charge in [0.05, 0.1) is 34.0 Å². The fourth-order valence-corrected chi connectivity index (χ4v) is 2.48. The third-order valence-corrected chi connectivity index (χ3v) is 4.35. The van der Waals surface area contributed by atoms with Gasteiger partial charge < -0.3 is 0 Å². The molecule has 19 heavy (non-hydrogen) atoms. The Morgan fingerprint density at radius 3 is 2.63 bits per heavy atom. The van der Waals surface area contributed by atoms with Crippen LogP contribution in [-0.4, -0.2) is 25.3 Å². The zero-order chi connectivity index (χ0) is 14.2. The zero-order valence-corrected chi connectivity index (χ0v) is 13.2. The molecule has 0 fully saturated rings. The van der Waals surface area contributed by atoms with Crippen molar-refractivity contribution in [2.45, 2.75) is 33.7 Å². The third-order valence-electron chi connectivity index (χ3n) is 3.32. The maximum absolute atomic E-state index is 12.4. The molecule has 0 aliphatic carbocycles. The van der Waals surface area contributed by atoms with Gasteiger partial charge in [-0.25, -0.2) is 0 Å². The van der Waals surface area contributed by atoms with Crippen molar-refractivity contribution in [2.24, 2.45) is 7.05 Å². The fourth-order valence-electron chi connectivity index (χ4n) is 2.06. The number of carbonyl (C=O) groups is 1. The average Bonchev–Trinajstić information content (AvgIpc) is 2.84. The van der Waals surface area contributed by atoms with Crippen molar-refractivity contribution < 1.29 is 4.79 Å². The van der Waals surface area contributed by atoms with Gasteiger partial charge in [-0.1, -0.05) is 0 Å². The summed E-state index contributed by atoms with van der Waals surface area (Å²) in [5.41, 5.74) is 3.40. The van der Waals surface area contributed by atoms with Crippen LogP contribution in [0.5, 0.6) is 0 Å². The first-order valence-corrected chi connectivity index (χ1v) is 6.98. The van der Waals surface area contributed by atoms with Crippen LogP contribution in [0.25, 0.3) is 0 Å². The van der Waals surface area contributed by atoms with E-state index in [1.54, 1.807) is 10.9 Å². The molecular formula is C13H17BrN4O. The van der Waals surface area contributed by atoms with Crippen LogP contribution in [0.1, 0.15) is 34.4 Å². The normalized spacial score (nSPS) is 11.0. The number of ketones is 1. The Morgan fingerprint density at radius 1 is 1.42 bits per heavy atom. The second-order valence-corrected chi connectivity index (χ2v) is 5.32. The lowest BCUT2D eigenvalue weighted by Gasteiger charge is -2.05. The van der Waals surface area contributed by atoms with E-state index in [2.05, 4.69) is 26.1 Å². The van der Waals surface area contributed by atoms with E-state index < -0.39 is 0 Å². The van der Waals surface area contributed by atoms with Crippen LogP contribution in [0.2, 0.25) is 0 Å². The van der Waals surface area contributed by atoms with E-state index in [9.17, 15) is 4.79 Å². The molecular weight excluding hydrogens is 308 g/mol. The van der Waals surface area contributed by atoms with Crippen molar-refractivity contribution in [1.29, 1.82) is 0 Å². The van der Waals surface area contributed by atoms with Gasteiger partial charge in [-0.15, -0.1) is 0 Å². The molecule has 0 radical (unpaired) electrons. The van der Waals surface area contributed by atoms with E-state index in [0.29, 0.717) is 12.0 Å². The van der Waals surface area contributed by atoms with Crippen LogP contribution in [0.15, 0.2) is 10.7 Å². The number of carbonyl (C=O) groups excluding carboxylic acids is 1. The molecule has 0 aliphatic rings. The van der Waals surface area contributed by atoms with Gasteiger partial charge in [0.2, 0.25) is 0 Å². The minimum atomic E-state index is 0.0703. The largest absolute Gasteiger partial charge is 0.294 e. The molecule has 0 saturated heterocycles. The minimum absolute atomic E-state index is 0.0703. The molecule has 2 aromatic rings. The maximum Gasteiger partial charge on any atom is 0.172 e. The first-order valence-electron chi connectivity index (χ1n) is 6.19. The predicted molar refractivity (Wildman–Crippen MR) is 76.3 cm³/mol. The molecule has 0 N–H and O–H groups in total. The fraction of sp³-hybridized carbons (Fsp3) is 0.462. The molecule has 2 heterocycles. The quantitative estimate of drug-likeness (QED) is 0.812. The molecule has 0 saturated carbocycles. The summed E-state index contributed by atoms with van der Waals surface area (Å²) in [7, 11) is 1.84. The van der Waals surface area contributed by atoms with Gasteiger partial charge in [0.25, 0.3) is 0 Å². The molecule has 6 heteroatoms. The Bertz CT molecular complexity index is 627. The Morgan fingerprint density at radius 2 is 2.11 bits per heavy atom. The Hall–Kier alpha value is -1.43. The van der Waals surface area contributed by atoms with Crippen LogP contribution in [0, 0.1) is 13.8 Å². The first kappa shape index (κ1) is 14.0. The molecule has 0 aliphatic heterocycles. The van der Waals surface area contributed by atoms with Crippen molar-refractivity contribution in [3.63, 3.8) is 0 Å². The first-order chi connectivity index (χ1) is 8.95. The van der Waals surface area contributed by atoms with Crippen LogP contribution in [0.4, 0.5) is 0 Å². The summed E-state index contributed by atoms with van der Waals surface area (Å²) in [5.74, 6) is 0.0703. The monoisotopic (exact) mass is 324 g/mol. The average molecular weight is 325 g/mol. The summed E-state index contributed by atoms with van der Waals surface area (Å²) in [6.45, 7) is 6.60. The number of halogens is 1. The van der Waals surface area contributed by atoms with E-state index in [0.717, 1.165) is 28.1 Å². The molecule has 0 atom stereocenters. The summed E-state index contributed by atoms with van der Waals surface area (Å²) < 4.78 is 4.50. The molecule has 2 rings (SSSR count). The predicted octanol–water partition coefficient (Wildman–Crippen LogP) is 2.44. The highest BCUT2D eigenvalue weighted by Gasteiger charge is 2.19. The van der Waals surface area contributed by atoms with Gasteiger partial charge in [0.15, 0.2) is 5.78 Å². The lowest BCUT2D eigenvalue weighted by Crippen LogP contribution is -2.11. The highest BCUT2D eigenvalue weighted by atomic mass is 79.9. The number of hydrogen-bond acceptors (Lipinski definition) is 3. The highest BCUT2D eigenvalue weighted by Crippen LogP contribution is 2.23. The Labute approximate surface area is 120 Å². The second-order valence-electron chi connectivity index (χ2n) is 4.53. The summed E-state index contributed by atoms with van der Waals surface area (Å²) in [5, 5.41) is 8.51. The molecule has 0 amide bonds. The Kier molecular flexibility index (Phi) is 3.89. The summed E-state index contributed by atoms with van der Waals surface area (Å²) in [4.78, 5) is 12.4. The van der Waals surface area contributed by atoms with E-state index >= 15 is 0 Å². The third kappa shape index (κ3) is 2.49. The van der Waals surface area contributed by atoms with E-state index in [4.69, 9.17) is 0 Å². The molecule has 5 nitrogen and oxygen atoms in total. The van der Waals surface area contributed by atoms with Crippen LogP contribution in [-0.2, 0) is 20.0 Å². The molecule has 102 valence electrons. The van der Waals surface area contributed by atoms with Gasteiger partial charge in [-0.3, -0.25) is 14.2 Å². The molecule has 2 aromatic heterocycles. The van der Waals surface area contributed by atoms with E-state index in [-0.39, 0.29) is 5.78 Å². The number of Topliss-reactive ketones (excluding diaryl/α,β-unsaturated/α-hetero) is 1. The topological polar surface area (TPSA) is 52.7 Å². The van der Waals surface area contributed by atoms with Crippen molar-refractivity contribution in [2.75, 3.05) is 0 Å². The van der Waals surface area contributed by atoms with Crippen LogP contribution < -0.4 is 0 Å². The molecule has 0 bridgehead atoms. The summed E-state index contributed by atoms with van der Waals surface area (Å²) >= 11 is 3.51. The summed E-state index contributed by atoms with van der Waals surface area (Å²) in [6, 6.07) is 0. The van der Waals surface area contributed by atoms with Gasteiger partial charge in [0, 0.05) is 19.3 Å². The minimum Gasteiger partial charge on any atom is -0.294 e. The van der Waals surface area contributed by atoms with Crippen LogP contribution in [0.3, 0.4) is 0 Å². The SMILES string of the molecule is CCn1nc(C)c(Br)c1CC(=O)c1cnn(C)c1C. The molecule has 0 unspecified atom stereocenters. The number of hydrogen-bond donors (Lipinski definition) is 0. The molecule has 0 spiro atoms. The second kappa shape index (κ2) is 5.28. The number of nitrogens with zero attached hydrogens (tertiary/aromatic N) is 4. The number of aryl methyl sites for hydroxylation is 3. The van der Waals surface area contributed by atoms with E-state index in [1.807, 2.05) is 32.5 Å². The zero-order valence-electron chi connectivity index (χ0n) is 11.6. The van der Waals surface area contributed by atoms with Gasteiger partial charge in [0.1, 0.15) is 0 Å². The van der Waals surface area contributed by atoms with Gasteiger partial charge in [-0.05, 0) is 36.7 Å². The smallest absolute Gasteiger partial charge is 0.172 e. The van der Waals surface area contributed by atoms with Crippen LogP contribution >= 0.6 is 15.9 Å². The van der Waals surface area contributed by atoms with Crippen molar-refractivity contribution in [1.82, 2.24) is 19.6 Å². The van der Waals surface area contributed by atoms with E-state index in [1.165, 1.54) is 0 Å². The van der Waals surface area contributed by atoms with Gasteiger partial charge in [-0.2, -0.15) is 10.2 Å². The number of aromatic nitrogens is 4. The van der Waals surface area contributed by atoms with Crippen molar-refractivity contribution >= 4 is 21.7 Å². The number of rotatable bonds is 4. The maximum atomic E-state index is 12.4. The molecule has 0 aromatic carbocycles. The van der Waals surface area contributed by atoms with Crippen molar-refractivity contribution in [3.8, 4) is 0 Å². The van der Waals surface area contributed by atoms with Gasteiger partial charge >= 0.3 is 0 Å². The van der Waals surface area contributed by atoms with Crippen molar-refractivity contribution in [3.05, 3.63) is 33.3 Å².